The molecule has 3 rings (SSSR count). The van der Waals surface area contributed by atoms with Crippen LogP contribution in [0.2, 0.25) is 5.02 Å². The molecule has 0 amide bonds. The Bertz CT molecular complexity index is 501. The number of carboxylic acid groups (broad SMARTS) is 1. The Labute approximate surface area is 116 Å². The van der Waals surface area contributed by atoms with Gasteiger partial charge in [-0.15, -0.1) is 0 Å². The number of nitrogens with one attached hydrogen (secondary N) is 1. The summed E-state index contributed by atoms with van der Waals surface area (Å²) in [6.45, 7) is 0.791. The van der Waals surface area contributed by atoms with Crippen molar-refractivity contribution >= 4 is 23.3 Å². The van der Waals surface area contributed by atoms with Crippen molar-refractivity contribution in [2.75, 3.05) is 11.9 Å². The molecule has 2 N–H and O–H groups in total. The van der Waals surface area contributed by atoms with Crippen molar-refractivity contribution < 1.29 is 14.6 Å². The predicted octanol–water partition coefficient (Wildman–Crippen LogP) is 3.02. The quantitative estimate of drug-likeness (QED) is 0.891. The molecule has 1 saturated heterocycles. The molecule has 19 heavy (non-hydrogen) atoms. The topological polar surface area (TPSA) is 58.6 Å². The minimum atomic E-state index is -1.00. The van der Waals surface area contributed by atoms with Crippen molar-refractivity contribution in [2.45, 2.75) is 31.4 Å². The maximum atomic E-state index is 10.9. The van der Waals surface area contributed by atoms with E-state index in [2.05, 4.69) is 5.32 Å². The highest BCUT2D eigenvalue weighted by atomic mass is 35.5. The molecule has 0 bridgehead atoms. The Morgan fingerprint density at radius 2 is 2.16 bits per heavy atom. The second kappa shape index (κ2) is 5.02. The van der Waals surface area contributed by atoms with Gasteiger partial charge in [0.25, 0.3) is 0 Å². The molecule has 4 nitrogen and oxygen atoms in total. The fourth-order valence-electron chi connectivity index (χ4n) is 2.65. The van der Waals surface area contributed by atoms with E-state index in [1.165, 1.54) is 18.9 Å². The lowest BCUT2D eigenvalue weighted by molar-refractivity contribution is 0.0697. The average molecular weight is 282 g/mol. The Kier molecular flexibility index (Phi) is 3.37. The molecule has 2 atom stereocenters. The third-order valence-corrected chi connectivity index (χ3v) is 4.09. The molecule has 0 aromatic heterocycles. The summed E-state index contributed by atoms with van der Waals surface area (Å²) in [5.41, 5.74) is 0.991. The number of rotatable bonds is 4. The molecule has 2 aliphatic rings. The minimum Gasteiger partial charge on any atom is -0.478 e. The first-order valence-electron chi connectivity index (χ1n) is 6.56. The second-order valence-electron chi connectivity index (χ2n) is 5.21. The van der Waals surface area contributed by atoms with Crippen LogP contribution in [0.4, 0.5) is 5.69 Å². The van der Waals surface area contributed by atoms with E-state index in [4.69, 9.17) is 21.4 Å². The fraction of sp³-hybridized carbons (Fsp3) is 0.500. The molecular formula is C14H16ClNO3. The van der Waals surface area contributed by atoms with Crippen LogP contribution >= 0.6 is 11.6 Å². The zero-order valence-corrected chi connectivity index (χ0v) is 11.2. The van der Waals surface area contributed by atoms with Gasteiger partial charge in [0.1, 0.15) is 0 Å². The standard InChI is InChI=1S/C14H16ClNO3/c15-11-7-9(3-4-10(11)14(17)18)16-12-5-6-19-13(12)8-1-2-8/h3-4,7-8,12-13,16H,1-2,5-6H2,(H,17,18). The highest BCUT2D eigenvalue weighted by Gasteiger charge is 2.40. The largest absolute Gasteiger partial charge is 0.478 e. The second-order valence-corrected chi connectivity index (χ2v) is 5.62. The average Bonchev–Trinajstić information content (AvgIpc) is 3.10. The van der Waals surface area contributed by atoms with Crippen LogP contribution in [0.5, 0.6) is 0 Å². The lowest BCUT2D eigenvalue weighted by atomic mass is 10.1. The Morgan fingerprint density at radius 1 is 1.37 bits per heavy atom. The van der Waals surface area contributed by atoms with Crippen LogP contribution in [-0.4, -0.2) is 29.8 Å². The van der Waals surface area contributed by atoms with Gasteiger partial charge in [-0.25, -0.2) is 4.79 Å². The number of hydrogen-bond donors (Lipinski definition) is 2. The van der Waals surface area contributed by atoms with Gasteiger partial charge < -0.3 is 15.2 Å². The van der Waals surface area contributed by atoms with E-state index < -0.39 is 5.97 Å². The molecule has 1 heterocycles. The van der Waals surface area contributed by atoms with Crippen LogP contribution in [0.15, 0.2) is 18.2 Å². The van der Waals surface area contributed by atoms with Gasteiger partial charge in [0.05, 0.1) is 22.7 Å². The molecule has 5 heteroatoms. The molecule has 2 fully saturated rings. The molecule has 0 spiro atoms. The van der Waals surface area contributed by atoms with E-state index in [1.807, 2.05) is 0 Å². The van der Waals surface area contributed by atoms with E-state index in [-0.39, 0.29) is 16.7 Å². The summed E-state index contributed by atoms with van der Waals surface area (Å²) >= 11 is 5.97. The summed E-state index contributed by atoms with van der Waals surface area (Å²) in [6, 6.07) is 5.28. The van der Waals surface area contributed by atoms with Crippen LogP contribution in [0.25, 0.3) is 0 Å². The first kappa shape index (κ1) is 12.8. The highest BCUT2D eigenvalue weighted by molar-refractivity contribution is 6.33. The molecule has 1 aromatic rings. The Balaban J connectivity index is 1.72. The number of hydrogen-bond acceptors (Lipinski definition) is 3. The van der Waals surface area contributed by atoms with E-state index in [9.17, 15) is 4.79 Å². The predicted molar refractivity (Wildman–Crippen MR) is 72.9 cm³/mol. The van der Waals surface area contributed by atoms with E-state index in [1.54, 1.807) is 12.1 Å². The van der Waals surface area contributed by atoms with Crippen LogP contribution < -0.4 is 5.32 Å². The molecule has 102 valence electrons. The number of benzene rings is 1. The number of aromatic carboxylic acids is 1. The van der Waals surface area contributed by atoms with E-state index in [0.717, 1.165) is 18.7 Å². The maximum Gasteiger partial charge on any atom is 0.337 e. The first-order valence-corrected chi connectivity index (χ1v) is 6.94. The van der Waals surface area contributed by atoms with Crippen LogP contribution in [0.1, 0.15) is 29.6 Å². The van der Waals surface area contributed by atoms with Crippen LogP contribution in [0, 0.1) is 5.92 Å². The number of anilines is 1. The van der Waals surface area contributed by atoms with Gasteiger partial charge in [0.15, 0.2) is 0 Å². The van der Waals surface area contributed by atoms with Crippen molar-refractivity contribution in [2.24, 2.45) is 5.92 Å². The first-order chi connectivity index (χ1) is 9.15. The summed E-state index contributed by atoms with van der Waals surface area (Å²) in [5, 5.41) is 12.6. The summed E-state index contributed by atoms with van der Waals surface area (Å²) in [4.78, 5) is 10.9. The Hall–Kier alpha value is -1.26. The number of ether oxygens (including phenoxy) is 1. The maximum absolute atomic E-state index is 10.9. The van der Waals surface area contributed by atoms with E-state index >= 15 is 0 Å². The monoisotopic (exact) mass is 281 g/mol. The van der Waals surface area contributed by atoms with Gasteiger partial charge in [-0.3, -0.25) is 0 Å². The highest BCUT2D eigenvalue weighted by Crippen LogP contribution is 2.39. The number of halogens is 1. The van der Waals surface area contributed by atoms with Gasteiger partial charge in [-0.1, -0.05) is 11.6 Å². The summed E-state index contributed by atoms with van der Waals surface area (Å²) in [5.74, 6) is -0.314. The summed E-state index contributed by atoms with van der Waals surface area (Å²) in [6.07, 6.45) is 3.78. The van der Waals surface area contributed by atoms with Gasteiger partial charge in [-0.05, 0) is 43.4 Å². The molecule has 2 unspecified atom stereocenters. The summed E-state index contributed by atoms with van der Waals surface area (Å²) in [7, 11) is 0. The fourth-order valence-corrected chi connectivity index (χ4v) is 2.91. The SMILES string of the molecule is O=C(O)c1ccc(NC2CCOC2C2CC2)cc1Cl. The van der Waals surface area contributed by atoms with Crippen molar-refractivity contribution in [3.8, 4) is 0 Å². The van der Waals surface area contributed by atoms with Gasteiger partial charge in [0.2, 0.25) is 0 Å². The van der Waals surface area contributed by atoms with Crippen molar-refractivity contribution in [3.05, 3.63) is 28.8 Å². The van der Waals surface area contributed by atoms with Crippen LogP contribution in [0.3, 0.4) is 0 Å². The molecule has 1 aromatic carbocycles. The Morgan fingerprint density at radius 3 is 2.79 bits per heavy atom. The van der Waals surface area contributed by atoms with Gasteiger partial charge in [-0.2, -0.15) is 0 Å². The van der Waals surface area contributed by atoms with E-state index in [0.29, 0.717) is 12.0 Å². The lowest BCUT2D eigenvalue weighted by Crippen LogP contribution is -2.30. The number of carboxylic acids is 1. The van der Waals surface area contributed by atoms with Crippen molar-refractivity contribution in [1.82, 2.24) is 0 Å². The van der Waals surface area contributed by atoms with Crippen molar-refractivity contribution in [1.29, 1.82) is 0 Å². The summed E-state index contributed by atoms with van der Waals surface area (Å²) < 4.78 is 5.76. The molecule has 1 aliphatic carbocycles. The third kappa shape index (κ3) is 2.69. The molecule has 1 saturated carbocycles. The minimum absolute atomic E-state index is 0.133. The zero-order chi connectivity index (χ0) is 13.4. The molecular weight excluding hydrogens is 266 g/mol. The smallest absolute Gasteiger partial charge is 0.337 e. The van der Waals surface area contributed by atoms with Crippen molar-refractivity contribution in [3.63, 3.8) is 0 Å². The zero-order valence-electron chi connectivity index (χ0n) is 10.4. The lowest BCUT2D eigenvalue weighted by Gasteiger charge is -2.20. The normalized spacial score (nSPS) is 26.4. The van der Waals surface area contributed by atoms with Gasteiger partial charge in [0, 0.05) is 12.3 Å². The van der Waals surface area contributed by atoms with Gasteiger partial charge >= 0.3 is 5.97 Å². The molecule has 1 aliphatic heterocycles. The third-order valence-electron chi connectivity index (χ3n) is 3.77. The molecule has 0 radical (unpaired) electrons. The van der Waals surface area contributed by atoms with Crippen LogP contribution in [-0.2, 0) is 4.74 Å². The number of carbonyl (C=O) groups is 1.